The third kappa shape index (κ3) is 1.70. The maximum Gasteiger partial charge on any atom is 0.338 e. The molecule has 0 radical (unpaired) electrons. The van der Waals surface area contributed by atoms with Gasteiger partial charge in [0.05, 0.1) is 18.2 Å². The highest BCUT2D eigenvalue weighted by molar-refractivity contribution is 5.95. The van der Waals surface area contributed by atoms with E-state index < -0.39 is 28.8 Å². The highest BCUT2D eigenvalue weighted by atomic mass is 19.1. The van der Waals surface area contributed by atoms with Gasteiger partial charge in [0.15, 0.2) is 17.3 Å². The van der Waals surface area contributed by atoms with Crippen molar-refractivity contribution in [2.75, 3.05) is 7.11 Å². The molecule has 0 unspecified atom stereocenters. The third-order valence-electron chi connectivity index (χ3n) is 3.42. The summed E-state index contributed by atoms with van der Waals surface area (Å²) in [6, 6.07) is 0. The number of esters is 1. The second-order valence-electron chi connectivity index (χ2n) is 4.52. The summed E-state index contributed by atoms with van der Waals surface area (Å²) in [6.45, 7) is 8.52. The number of hydrogen-bond donors (Lipinski definition) is 2. The molecule has 1 aromatic carbocycles. The largest absolute Gasteiger partial charge is 0.504 e. The number of phenols is 2. The standard InChI is InChI=1S/C13H12FNO4/c1-6-7(12(18)19-3)8(13(15-2)4-5-13)9(14)11(17)10(6)16/h16-17H,4-5H2,1,3H3. The van der Waals surface area contributed by atoms with Crippen molar-refractivity contribution in [1.29, 1.82) is 0 Å². The number of ether oxygens (including phenoxy) is 1. The van der Waals surface area contributed by atoms with Gasteiger partial charge < -0.3 is 19.8 Å². The van der Waals surface area contributed by atoms with E-state index in [1.165, 1.54) is 6.92 Å². The van der Waals surface area contributed by atoms with Crippen LogP contribution in [0.25, 0.3) is 4.85 Å². The number of phenolic OH excluding ortho intramolecular Hbond substituents is 2. The quantitative estimate of drug-likeness (QED) is 0.488. The van der Waals surface area contributed by atoms with Gasteiger partial charge in [-0.15, -0.1) is 0 Å². The second kappa shape index (κ2) is 4.12. The Balaban J connectivity index is 2.85. The molecule has 0 spiro atoms. The van der Waals surface area contributed by atoms with Crippen molar-refractivity contribution in [3.05, 3.63) is 33.9 Å². The zero-order valence-corrected chi connectivity index (χ0v) is 10.5. The molecule has 1 fully saturated rings. The van der Waals surface area contributed by atoms with Gasteiger partial charge in [0, 0.05) is 18.4 Å². The van der Waals surface area contributed by atoms with E-state index in [0.717, 1.165) is 7.11 Å². The summed E-state index contributed by atoms with van der Waals surface area (Å²) < 4.78 is 18.7. The summed E-state index contributed by atoms with van der Waals surface area (Å²) in [5.41, 5.74) is -1.48. The summed E-state index contributed by atoms with van der Waals surface area (Å²) in [6.07, 6.45) is 0.808. The van der Waals surface area contributed by atoms with Gasteiger partial charge in [-0.3, -0.25) is 0 Å². The van der Waals surface area contributed by atoms with E-state index in [0.29, 0.717) is 12.8 Å². The van der Waals surface area contributed by atoms with Gasteiger partial charge in [-0.25, -0.2) is 15.8 Å². The Bertz CT molecular complexity index is 614. The van der Waals surface area contributed by atoms with Crippen molar-refractivity contribution in [2.45, 2.75) is 25.3 Å². The predicted molar refractivity (Wildman–Crippen MR) is 63.3 cm³/mol. The van der Waals surface area contributed by atoms with E-state index in [-0.39, 0.29) is 16.7 Å². The zero-order valence-electron chi connectivity index (χ0n) is 10.5. The zero-order chi connectivity index (χ0) is 14.4. The van der Waals surface area contributed by atoms with Gasteiger partial charge in [0.25, 0.3) is 5.54 Å². The summed E-state index contributed by atoms with van der Waals surface area (Å²) in [7, 11) is 1.13. The number of aromatic hydroxyl groups is 2. The summed E-state index contributed by atoms with van der Waals surface area (Å²) in [4.78, 5) is 15.1. The lowest BCUT2D eigenvalue weighted by Crippen LogP contribution is -2.16. The van der Waals surface area contributed by atoms with E-state index >= 15 is 0 Å². The Labute approximate surface area is 109 Å². The minimum absolute atomic E-state index is 0.00988. The predicted octanol–water partition coefficient (Wildman–Crippen LogP) is 2.24. The van der Waals surface area contributed by atoms with Crippen LogP contribution in [0.3, 0.4) is 0 Å². The number of carbonyl (C=O) groups is 1. The Morgan fingerprint density at radius 1 is 1.42 bits per heavy atom. The first-order valence-electron chi connectivity index (χ1n) is 5.61. The maximum absolute atomic E-state index is 14.2. The highest BCUT2D eigenvalue weighted by Crippen LogP contribution is 2.54. The first kappa shape index (κ1) is 13.1. The topological polar surface area (TPSA) is 71.1 Å². The minimum Gasteiger partial charge on any atom is -0.504 e. The molecular formula is C13H12FNO4. The fourth-order valence-electron chi connectivity index (χ4n) is 2.15. The minimum atomic E-state index is -1.14. The number of benzene rings is 1. The van der Waals surface area contributed by atoms with Crippen molar-refractivity contribution < 1.29 is 24.1 Å². The molecule has 1 aliphatic carbocycles. The lowest BCUT2D eigenvalue weighted by molar-refractivity contribution is 0.0596. The van der Waals surface area contributed by atoms with Gasteiger partial charge in [-0.2, -0.15) is 0 Å². The van der Waals surface area contributed by atoms with Gasteiger partial charge in [0.2, 0.25) is 0 Å². The molecule has 5 nitrogen and oxygen atoms in total. The molecule has 0 saturated heterocycles. The number of rotatable bonds is 2. The fraction of sp³-hybridized carbons (Fsp3) is 0.385. The monoisotopic (exact) mass is 265 g/mol. The molecule has 0 heterocycles. The SMILES string of the molecule is [C-]#[N+]C1(c2c(F)c(O)c(O)c(C)c2C(=O)OC)CC1. The molecule has 0 aliphatic heterocycles. The van der Waals surface area contributed by atoms with E-state index in [1.807, 2.05) is 0 Å². The molecule has 0 atom stereocenters. The second-order valence-corrected chi connectivity index (χ2v) is 4.52. The highest BCUT2D eigenvalue weighted by Gasteiger charge is 2.57. The van der Waals surface area contributed by atoms with Crippen molar-refractivity contribution in [2.24, 2.45) is 0 Å². The van der Waals surface area contributed by atoms with Crippen molar-refractivity contribution in [3.8, 4) is 11.5 Å². The molecular weight excluding hydrogens is 253 g/mol. The molecule has 2 rings (SSSR count). The van der Waals surface area contributed by atoms with Gasteiger partial charge >= 0.3 is 5.97 Å². The Kier molecular flexibility index (Phi) is 2.85. The van der Waals surface area contributed by atoms with Crippen LogP contribution in [0.2, 0.25) is 0 Å². The van der Waals surface area contributed by atoms with Crippen LogP contribution in [-0.2, 0) is 10.3 Å². The molecule has 0 amide bonds. The van der Waals surface area contributed by atoms with Crippen LogP contribution < -0.4 is 0 Å². The first-order chi connectivity index (χ1) is 8.89. The van der Waals surface area contributed by atoms with Crippen molar-refractivity contribution >= 4 is 5.97 Å². The van der Waals surface area contributed by atoms with Gasteiger partial charge in [0.1, 0.15) is 0 Å². The van der Waals surface area contributed by atoms with Gasteiger partial charge in [-0.1, -0.05) is 0 Å². The van der Waals surface area contributed by atoms with Crippen LogP contribution in [0.5, 0.6) is 11.5 Å². The van der Waals surface area contributed by atoms with Crippen LogP contribution >= 0.6 is 0 Å². The Morgan fingerprint density at radius 3 is 2.42 bits per heavy atom. The van der Waals surface area contributed by atoms with Crippen LogP contribution in [-0.4, -0.2) is 23.3 Å². The number of nitrogens with zero attached hydrogens (tertiary/aromatic N) is 1. The van der Waals surface area contributed by atoms with E-state index in [9.17, 15) is 19.4 Å². The van der Waals surface area contributed by atoms with Gasteiger partial charge in [-0.05, 0) is 6.92 Å². The lowest BCUT2D eigenvalue weighted by Gasteiger charge is -2.15. The fourth-order valence-corrected chi connectivity index (χ4v) is 2.15. The molecule has 2 N–H and O–H groups in total. The Morgan fingerprint density at radius 2 is 2.00 bits per heavy atom. The summed E-state index contributed by atoms with van der Waals surface area (Å²) in [5.74, 6) is -3.61. The van der Waals surface area contributed by atoms with Crippen LogP contribution in [0.15, 0.2) is 0 Å². The molecule has 0 aromatic heterocycles. The van der Waals surface area contributed by atoms with Crippen LogP contribution in [0.4, 0.5) is 4.39 Å². The molecule has 100 valence electrons. The third-order valence-corrected chi connectivity index (χ3v) is 3.42. The molecule has 19 heavy (non-hydrogen) atoms. The maximum atomic E-state index is 14.2. The normalized spacial score (nSPS) is 15.7. The van der Waals surface area contributed by atoms with Crippen LogP contribution in [0, 0.1) is 19.3 Å². The number of hydrogen-bond acceptors (Lipinski definition) is 4. The van der Waals surface area contributed by atoms with E-state index in [1.54, 1.807) is 0 Å². The number of carbonyl (C=O) groups excluding carboxylic acids is 1. The molecule has 6 heteroatoms. The Hall–Kier alpha value is -2.29. The van der Waals surface area contributed by atoms with E-state index in [2.05, 4.69) is 9.58 Å². The first-order valence-corrected chi connectivity index (χ1v) is 5.61. The number of methoxy groups -OCH3 is 1. The van der Waals surface area contributed by atoms with E-state index in [4.69, 9.17) is 6.57 Å². The molecule has 1 aromatic rings. The lowest BCUT2D eigenvalue weighted by atomic mass is 9.93. The number of halogens is 1. The summed E-state index contributed by atoms with van der Waals surface area (Å²) >= 11 is 0. The smallest absolute Gasteiger partial charge is 0.338 e. The molecule has 1 aliphatic rings. The van der Waals surface area contributed by atoms with Crippen molar-refractivity contribution in [1.82, 2.24) is 0 Å². The van der Waals surface area contributed by atoms with Crippen LogP contribution in [0.1, 0.15) is 34.3 Å². The molecule has 1 saturated carbocycles. The summed E-state index contributed by atoms with van der Waals surface area (Å²) in [5, 5.41) is 19.2. The molecule has 0 bridgehead atoms. The average molecular weight is 265 g/mol. The van der Waals surface area contributed by atoms with Crippen molar-refractivity contribution in [3.63, 3.8) is 0 Å². The average Bonchev–Trinajstić information content (AvgIpc) is 3.20.